The van der Waals surface area contributed by atoms with Crippen LogP contribution in [-0.4, -0.2) is 6.54 Å². The Balaban J connectivity index is 2.18. The third kappa shape index (κ3) is 4.60. The van der Waals surface area contributed by atoms with Crippen LogP contribution in [0.3, 0.4) is 0 Å². The summed E-state index contributed by atoms with van der Waals surface area (Å²) in [5, 5.41) is 1.26. The standard InChI is InChI=1S/C15H13Br2Cl2NO/c16-12-5-9(3-4-20)6-13(17)15(12)21-8-10-7-11(18)1-2-14(10)19/h1-2,5-7H,3-4,8,20H2. The quantitative estimate of drug-likeness (QED) is 0.639. The van der Waals surface area contributed by atoms with Crippen molar-refractivity contribution in [3.05, 3.63) is 60.4 Å². The molecule has 112 valence electrons. The number of hydrogen-bond acceptors (Lipinski definition) is 2. The van der Waals surface area contributed by atoms with Crippen LogP contribution in [0.4, 0.5) is 0 Å². The topological polar surface area (TPSA) is 35.2 Å². The van der Waals surface area contributed by atoms with E-state index < -0.39 is 0 Å². The summed E-state index contributed by atoms with van der Waals surface area (Å²) in [6.07, 6.45) is 0.817. The van der Waals surface area contributed by atoms with Gasteiger partial charge in [0.15, 0.2) is 0 Å². The first-order chi connectivity index (χ1) is 10.0. The second-order valence-electron chi connectivity index (χ2n) is 4.45. The molecule has 0 bridgehead atoms. The maximum absolute atomic E-state index is 6.13. The van der Waals surface area contributed by atoms with Crippen LogP contribution in [0, 0.1) is 0 Å². The molecule has 0 unspecified atom stereocenters. The predicted molar refractivity (Wildman–Crippen MR) is 95.4 cm³/mol. The van der Waals surface area contributed by atoms with E-state index in [1.54, 1.807) is 18.2 Å². The molecule has 0 spiro atoms. The highest BCUT2D eigenvalue weighted by molar-refractivity contribution is 9.11. The van der Waals surface area contributed by atoms with E-state index in [2.05, 4.69) is 31.9 Å². The molecule has 0 heterocycles. The molecule has 21 heavy (non-hydrogen) atoms. The van der Waals surface area contributed by atoms with Crippen molar-refractivity contribution in [1.82, 2.24) is 0 Å². The maximum atomic E-state index is 6.13. The van der Waals surface area contributed by atoms with Gasteiger partial charge in [0.2, 0.25) is 0 Å². The van der Waals surface area contributed by atoms with Crippen LogP contribution in [0.15, 0.2) is 39.3 Å². The van der Waals surface area contributed by atoms with Gasteiger partial charge >= 0.3 is 0 Å². The molecular weight excluding hydrogens is 441 g/mol. The van der Waals surface area contributed by atoms with E-state index in [-0.39, 0.29) is 0 Å². The lowest BCUT2D eigenvalue weighted by atomic mass is 10.1. The zero-order valence-corrected chi connectivity index (χ0v) is 15.7. The molecule has 2 N–H and O–H groups in total. The summed E-state index contributed by atoms with van der Waals surface area (Å²) < 4.78 is 7.60. The second kappa shape index (κ2) is 7.84. The van der Waals surface area contributed by atoms with E-state index in [1.165, 1.54) is 0 Å². The molecule has 2 nitrogen and oxygen atoms in total. The minimum Gasteiger partial charge on any atom is -0.486 e. The number of nitrogens with two attached hydrogens (primary N) is 1. The van der Waals surface area contributed by atoms with Crippen LogP contribution in [0.2, 0.25) is 10.0 Å². The summed E-state index contributed by atoms with van der Waals surface area (Å²) >= 11 is 19.1. The van der Waals surface area contributed by atoms with E-state index in [9.17, 15) is 0 Å². The van der Waals surface area contributed by atoms with E-state index in [4.69, 9.17) is 33.7 Å². The molecular formula is C15H13Br2Cl2NO. The molecule has 0 atom stereocenters. The minimum atomic E-state index is 0.340. The fourth-order valence-electron chi connectivity index (χ4n) is 1.87. The molecule has 2 aromatic carbocycles. The van der Waals surface area contributed by atoms with Gasteiger partial charge in [0.25, 0.3) is 0 Å². The van der Waals surface area contributed by atoms with Gasteiger partial charge < -0.3 is 10.5 Å². The molecule has 0 aliphatic rings. The SMILES string of the molecule is NCCc1cc(Br)c(OCc2cc(Cl)ccc2Cl)c(Br)c1. The Labute approximate surface area is 150 Å². The first kappa shape index (κ1) is 17.1. The number of halogens is 4. The Morgan fingerprint density at radius 3 is 2.33 bits per heavy atom. The molecule has 0 fully saturated rings. The van der Waals surface area contributed by atoms with Crippen LogP contribution in [0.1, 0.15) is 11.1 Å². The van der Waals surface area contributed by atoms with Gasteiger partial charge in [-0.1, -0.05) is 23.2 Å². The van der Waals surface area contributed by atoms with Crippen molar-refractivity contribution in [3.63, 3.8) is 0 Å². The van der Waals surface area contributed by atoms with E-state index >= 15 is 0 Å². The van der Waals surface area contributed by atoms with Crippen LogP contribution in [0.25, 0.3) is 0 Å². The monoisotopic (exact) mass is 451 g/mol. The largest absolute Gasteiger partial charge is 0.486 e. The fourth-order valence-corrected chi connectivity index (χ4v) is 3.74. The lowest BCUT2D eigenvalue weighted by Gasteiger charge is -2.13. The van der Waals surface area contributed by atoms with Crippen molar-refractivity contribution in [2.24, 2.45) is 5.73 Å². The van der Waals surface area contributed by atoms with Gasteiger partial charge in [0, 0.05) is 15.6 Å². The van der Waals surface area contributed by atoms with E-state index in [0.29, 0.717) is 23.2 Å². The van der Waals surface area contributed by atoms with Gasteiger partial charge in [-0.2, -0.15) is 0 Å². The van der Waals surface area contributed by atoms with Crippen molar-refractivity contribution in [1.29, 1.82) is 0 Å². The Hall–Kier alpha value is -0.260. The number of ether oxygens (including phenoxy) is 1. The second-order valence-corrected chi connectivity index (χ2v) is 7.00. The van der Waals surface area contributed by atoms with Gasteiger partial charge in [-0.25, -0.2) is 0 Å². The summed E-state index contributed by atoms with van der Waals surface area (Å²) in [5.74, 6) is 0.729. The summed E-state index contributed by atoms with van der Waals surface area (Å²) in [4.78, 5) is 0. The number of rotatable bonds is 5. The van der Waals surface area contributed by atoms with Crippen molar-refractivity contribution in [3.8, 4) is 5.75 Å². The van der Waals surface area contributed by atoms with Crippen molar-refractivity contribution < 1.29 is 4.74 Å². The first-order valence-corrected chi connectivity index (χ1v) is 8.60. The van der Waals surface area contributed by atoms with Crippen LogP contribution >= 0.6 is 55.1 Å². The normalized spacial score (nSPS) is 10.7. The summed E-state index contributed by atoms with van der Waals surface area (Å²) in [5.41, 5.74) is 7.56. The van der Waals surface area contributed by atoms with Crippen molar-refractivity contribution >= 4 is 55.1 Å². The Morgan fingerprint density at radius 1 is 1.05 bits per heavy atom. The average Bonchev–Trinajstić information content (AvgIpc) is 2.42. The maximum Gasteiger partial charge on any atom is 0.148 e. The van der Waals surface area contributed by atoms with Crippen molar-refractivity contribution in [2.45, 2.75) is 13.0 Å². The summed E-state index contributed by atoms with van der Waals surface area (Å²) in [7, 11) is 0. The van der Waals surface area contributed by atoms with Gasteiger partial charge in [-0.3, -0.25) is 0 Å². The number of hydrogen-bond donors (Lipinski definition) is 1. The van der Waals surface area contributed by atoms with Crippen LogP contribution in [0.5, 0.6) is 5.75 Å². The molecule has 0 aromatic heterocycles. The molecule has 0 radical (unpaired) electrons. The molecule has 6 heteroatoms. The first-order valence-electron chi connectivity index (χ1n) is 6.26. The molecule has 0 aliphatic carbocycles. The average molecular weight is 454 g/mol. The Kier molecular flexibility index (Phi) is 6.38. The zero-order valence-electron chi connectivity index (χ0n) is 11.0. The van der Waals surface area contributed by atoms with Crippen LogP contribution in [-0.2, 0) is 13.0 Å². The van der Waals surface area contributed by atoms with Crippen molar-refractivity contribution in [2.75, 3.05) is 6.54 Å². The third-order valence-corrected chi connectivity index (χ3v) is 4.65. The Morgan fingerprint density at radius 2 is 1.71 bits per heavy atom. The van der Waals surface area contributed by atoms with Gasteiger partial charge in [0.05, 0.1) is 8.95 Å². The molecule has 2 rings (SSSR count). The highest BCUT2D eigenvalue weighted by Gasteiger charge is 2.10. The summed E-state index contributed by atoms with van der Waals surface area (Å²) in [6, 6.07) is 9.32. The lowest BCUT2D eigenvalue weighted by molar-refractivity contribution is 0.302. The minimum absolute atomic E-state index is 0.340. The third-order valence-electron chi connectivity index (χ3n) is 2.87. The fraction of sp³-hybridized carbons (Fsp3) is 0.200. The van der Waals surface area contributed by atoms with Gasteiger partial charge in [-0.05, 0) is 80.7 Å². The molecule has 0 aliphatic heterocycles. The smallest absolute Gasteiger partial charge is 0.148 e. The number of benzene rings is 2. The lowest BCUT2D eigenvalue weighted by Crippen LogP contribution is -2.03. The van der Waals surface area contributed by atoms with E-state index in [1.807, 2.05) is 12.1 Å². The highest BCUT2D eigenvalue weighted by Crippen LogP contribution is 2.36. The van der Waals surface area contributed by atoms with Gasteiger partial charge in [0.1, 0.15) is 12.4 Å². The van der Waals surface area contributed by atoms with Gasteiger partial charge in [-0.15, -0.1) is 0 Å². The zero-order chi connectivity index (χ0) is 15.4. The van der Waals surface area contributed by atoms with Crippen LogP contribution < -0.4 is 10.5 Å². The van der Waals surface area contributed by atoms with E-state index in [0.717, 1.165) is 32.2 Å². The molecule has 2 aromatic rings. The Bertz CT molecular complexity index is 627. The highest BCUT2D eigenvalue weighted by atomic mass is 79.9. The molecule has 0 saturated carbocycles. The summed E-state index contributed by atoms with van der Waals surface area (Å²) in [6.45, 7) is 0.948. The molecule has 0 amide bonds. The predicted octanol–water partition coefficient (Wildman–Crippen LogP) is 5.60. The molecule has 0 saturated heterocycles.